The Balaban J connectivity index is 2.14. The minimum absolute atomic E-state index is 0.0703. The van der Waals surface area contributed by atoms with Crippen molar-refractivity contribution in [1.29, 1.82) is 0 Å². The number of unbranched alkanes of at least 4 members (excludes halogenated alkanes) is 1. The van der Waals surface area contributed by atoms with Gasteiger partial charge in [0.1, 0.15) is 30.2 Å². The Bertz CT molecular complexity index is 1150. The van der Waals surface area contributed by atoms with E-state index in [1.807, 2.05) is 13.8 Å². The minimum atomic E-state index is -1.12. The average molecular weight is 714 g/mol. The van der Waals surface area contributed by atoms with Crippen molar-refractivity contribution in [3.05, 3.63) is 0 Å². The lowest BCUT2D eigenvalue weighted by Crippen LogP contribution is -2.59. The molecule has 0 aliphatic carbocycles. The Morgan fingerprint density at radius 3 is 1.98 bits per heavy atom. The highest BCUT2D eigenvalue weighted by molar-refractivity contribution is 7.80. The molecule has 2 aliphatic rings. The fraction of sp³-hybridized carbons (Fsp3) is 0.774. The van der Waals surface area contributed by atoms with Crippen molar-refractivity contribution in [1.82, 2.24) is 31.1 Å². The number of nitrogens with two attached hydrogens (primary N) is 2. The van der Waals surface area contributed by atoms with E-state index < -0.39 is 65.9 Å². The monoisotopic (exact) mass is 713 g/mol. The van der Waals surface area contributed by atoms with Crippen LogP contribution >= 0.6 is 25.3 Å². The molecular formula is C31H53N8O7S2. The van der Waals surface area contributed by atoms with Gasteiger partial charge in [-0.1, -0.05) is 13.8 Å². The van der Waals surface area contributed by atoms with E-state index in [1.165, 1.54) is 16.7 Å². The van der Waals surface area contributed by atoms with Crippen LogP contribution in [0.25, 0.3) is 0 Å². The van der Waals surface area contributed by atoms with Gasteiger partial charge in [0.05, 0.1) is 12.1 Å². The maximum absolute atomic E-state index is 13.9. The number of amides is 6. The van der Waals surface area contributed by atoms with Gasteiger partial charge in [-0.2, -0.15) is 25.3 Å². The van der Waals surface area contributed by atoms with E-state index in [4.69, 9.17) is 11.5 Å². The second kappa shape index (κ2) is 20.6. The Morgan fingerprint density at radius 2 is 1.40 bits per heavy atom. The highest BCUT2D eigenvalue weighted by Crippen LogP contribution is 2.26. The predicted octanol–water partition coefficient (Wildman–Crippen LogP) is -1.60. The van der Waals surface area contributed by atoms with Gasteiger partial charge in [-0.05, 0) is 70.8 Å². The summed E-state index contributed by atoms with van der Waals surface area (Å²) in [6.07, 6.45) is 5.34. The standard InChI is InChI=1S/C31H53N8O7S2/c1-18(2)14-22(36-26(41)20(33)16-47)30(45)39-13-7-10-25(39)31(46)38-12-6-9-24(38)29(44)37-23(17-48)28(43)35-21(8-4-5-11-32)27(42)34-19(3)15-40/h18-25,47-48H,4-14,16-17,32-33H2,1-3H3,(H,34,42)(H,35,43)(H,36,41)(H,37,44)/t19-,20-,21-,22-,23-,24-,25-/m0/s1. The van der Waals surface area contributed by atoms with Gasteiger partial charge >= 0.3 is 0 Å². The molecule has 1 radical (unpaired) electrons. The quantitative estimate of drug-likeness (QED) is 0.0569. The molecule has 7 atom stereocenters. The third-order valence-corrected chi connectivity index (χ3v) is 9.20. The zero-order valence-corrected chi connectivity index (χ0v) is 29.9. The van der Waals surface area contributed by atoms with Crippen molar-refractivity contribution in [2.24, 2.45) is 17.4 Å². The van der Waals surface area contributed by atoms with Crippen LogP contribution in [0.5, 0.6) is 0 Å². The van der Waals surface area contributed by atoms with E-state index in [1.54, 1.807) is 6.29 Å². The van der Waals surface area contributed by atoms with Gasteiger partial charge in [0.15, 0.2) is 0 Å². The first kappa shape index (κ1) is 41.3. The number of hydrogen-bond acceptors (Lipinski definition) is 11. The number of hydrogen-bond donors (Lipinski definition) is 8. The van der Waals surface area contributed by atoms with E-state index in [2.05, 4.69) is 46.5 Å². The van der Waals surface area contributed by atoms with Crippen molar-refractivity contribution in [3.63, 3.8) is 0 Å². The topological polar surface area (TPSA) is 226 Å². The lowest BCUT2D eigenvalue weighted by molar-refractivity contribution is -0.148. The van der Waals surface area contributed by atoms with E-state index in [9.17, 15) is 33.6 Å². The molecule has 2 aliphatic heterocycles. The summed E-state index contributed by atoms with van der Waals surface area (Å²) in [5.74, 6) is -2.92. The highest BCUT2D eigenvalue weighted by atomic mass is 32.1. The Labute approximate surface area is 294 Å². The van der Waals surface area contributed by atoms with Crippen LogP contribution in [0.1, 0.15) is 72.1 Å². The number of carbonyl (C=O) groups is 6. The molecule has 8 N–H and O–H groups in total. The number of carbonyl (C=O) groups excluding carboxylic acids is 7. The lowest BCUT2D eigenvalue weighted by atomic mass is 10.0. The number of rotatable bonds is 19. The first-order valence-electron chi connectivity index (χ1n) is 16.7. The third-order valence-electron chi connectivity index (χ3n) is 8.45. The van der Waals surface area contributed by atoms with Gasteiger partial charge in [-0.25, -0.2) is 0 Å². The summed E-state index contributed by atoms with van der Waals surface area (Å²) >= 11 is 8.32. The highest BCUT2D eigenvalue weighted by Gasteiger charge is 2.44. The Morgan fingerprint density at radius 1 is 0.792 bits per heavy atom. The third kappa shape index (κ3) is 11.9. The lowest BCUT2D eigenvalue weighted by Gasteiger charge is -2.33. The fourth-order valence-electron chi connectivity index (χ4n) is 5.88. The van der Waals surface area contributed by atoms with Gasteiger partial charge in [-0.15, -0.1) is 0 Å². The minimum Gasteiger partial charge on any atom is -0.344 e. The van der Waals surface area contributed by atoms with Crippen LogP contribution in [-0.4, -0.2) is 125 Å². The van der Waals surface area contributed by atoms with Crippen molar-refractivity contribution in [2.45, 2.75) is 114 Å². The molecule has 0 aromatic carbocycles. The van der Waals surface area contributed by atoms with E-state index in [-0.39, 0.29) is 35.7 Å². The molecule has 0 spiro atoms. The summed E-state index contributed by atoms with van der Waals surface area (Å²) in [6.45, 7) is 6.33. The molecule has 15 nitrogen and oxygen atoms in total. The number of thiol groups is 2. The van der Waals surface area contributed by atoms with Crippen LogP contribution in [0.4, 0.5) is 0 Å². The zero-order valence-electron chi connectivity index (χ0n) is 28.1. The molecule has 48 heavy (non-hydrogen) atoms. The molecule has 0 bridgehead atoms. The molecule has 2 fully saturated rings. The van der Waals surface area contributed by atoms with Gasteiger partial charge in [0, 0.05) is 24.6 Å². The Kier molecular flexibility index (Phi) is 17.7. The summed E-state index contributed by atoms with van der Waals surface area (Å²) in [7, 11) is 0. The molecule has 0 unspecified atom stereocenters. The second-order valence-electron chi connectivity index (χ2n) is 12.8. The van der Waals surface area contributed by atoms with E-state index in [0.29, 0.717) is 64.6 Å². The summed E-state index contributed by atoms with van der Waals surface area (Å²) in [4.78, 5) is 93.5. The maximum atomic E-state index is 13.9. The van der Waals surface area contributed by atoms with Crippen molar-refractivity contribution >= 4 is 67.0 Å². The smallest absolute Gasteiger partial charge is 0.246 e. The summed E-state index contributed by atoms with van der Waals surface area (Å²) in [5.41, 5.74) is 11.4. The van der Waals surface area contributed by atoms with Crippen LogP contribution < -0.4 is 32.7 Å². The summed E-state index contributed by atoms with van der Waals surface area (Å²) < 4.78 is 0. The van der Waals surface area contributed by atoms with Crippen molar-refractivity contribution in [2.75, 3.05) is 31.1 Å². The molecule has 2 rings (SSSR count). The van der Waals surface area contributed by atoms with Gasteiger partial charge in [-0.3, -0.25) is 33.6 Å². The second-order valence-corrected chi connectivity index (χ2v) is 13.5. The maximum Gasteiger partial charge on any atom is 0.246 e. The first-order chi connectivity index (χ1) is 22.8. The van der Waals surface area contributed by atoms with Crippen LogP contribution in [0.15, 0.2) is 0 Å². The van der Waals surface area contributed by atoms with E-state index in [0.717, 1.165) is 0 Å². The molecule has 6 amide bonds. The first-order valence-corrected chi connectivity index (χ1v) is 17.9. The van der Waals surface area contributed by atoms with Crippen LogP contribution in [0.3, 0.4) is 0 Å². The van der Waals surface area contributed by atoms with Crippen molar-refractivity contribution in [3.8, 4) is 0 Å². The predicted molar refractivity (Wildman–Crippen MR) is 187 cm³/mol. The molecule has 0 aromatic rings. The van der Waals surface area contributed by atoms with Crippen LogP contribution in [0.2, 0.25) is 0 Å². The van der Waals surface area contributed by atoms with Crippen molar-refractivity contribution < 1.29 is 33.6 Å². The Hall–Kier alpha value is -2.89. The molecule has 271 valence electrons. The van der Waals surface area contributed by atoms with Gasteiger partial charge in [0.2, 0.25) is 41.7 Å². The molecule has 0 aromatic heterocycles. The summed E-state index contributed by atoms with van der Waals surface area (Å²) in [5, 5.41) is 10.5. The average Bonchev–Trinajstić information content (AvgIpc) is 3.75. The van der Waals surface area contributed by atoms with E-state index >= 15 is 0 Å². The molecular weight excluding hydrogens is 661 g/mol. The largest absolute Gasteiger partial charge is 0.344 e. The SMILES string of the molecule is CC(C)C[C@H](NC(=O)[C@@H](N)CS)C(=O)N1CCC[C@H]1C(=O)N1CCC[C@H]1C(=O)N[C@@H](CS)C(=O)N[C@@H](CCCCN)C(=O)N[C@@H](C)[C]=O. The van der Waals surface area contributed by atoms with Gasteiger partial charge < -0.3 is 42.5 Å². The van der Waals surface area contributed by atoms with Crippen LogP contribution in [-0.2, 0) is 33.6 Å². The summed E-state index contributed by atoms with van der Waals surface area (Å²) in [6, 6.07) is -6.41. The zero-order chi connectivity index (χ0) is 36.0. The molecule has 17 heteroatoms. The van der Waals surface area contributed by atoms with Crippen LogP contribution in [0, 0.1) is 5.92 Å². The van der Waals surface area contributed by atoms with Gasteiger partial charge in [0.25, 0.3) is 0 Å². The number of likely N-dealkylation sites (tertiary alicyclic amines) is 2. The fourth-order valence-corrected chi connectivity index (χ4v) is 6.30. The number of nitrogens with one attached hydrogen (secondary N) is 4. The molecule has 0 saturated carbocycles. The number of nitrogens with zero attached hydrogens (tertiary/aromatic N) is 2. The molecule has 2 saturated heterocycles. The molecule has 2 heterocycles. The normalized spacial score (nSPS) is 20.8.